The zero-order valence-electron chi connectivity index (χ0n) is 5.76. The maximum atomic E-state index is 10.7. The summed E-state index contributed by atoms with van der Waals surface area (Å²) in [7, 11) is 0. The zero-order valence-corrected chi connectivity index (χ0v) is 6.58. The molecular formula is C4H8N2O4S. The second-order valence-corrected chi connectivity index (χ2v) is 2.81. The van der Waals surface area contributed by atoms with Crippen molar-refractivity contribution in [2.24, 2.45) is 5.73 Å². The monoisotopic (exact) mass is 180 g/mol. The van der Waals surface area contributed by atoms with Gasteiger partial charge in [-0.2, -0.15) is 9.27 Å². The molecule has 3 atom stereocenters. The summed E-state index contributed by atoms with van der Waals surface area (Å²) in [5, 5.41) is 0.792. The van der Waals surface area contributed by atoms with Crippen molar-refractivity contribution in [1.82, 2.24) is 5.06 Å². The van der Waals surface area contributed by atoms with E-state index in [1.807, 2.05) is 0 Å². The van der Waals surface area contributed by atoms with Gasteiger partial charge in [0.25, 0.3) is 5.91 Å². The van der Waals surface area contributed by atoms with Crippen LogP contribution in [0.1, 0.15) is 6.92 Å². The minimum absolute atomic E-state index is 0.335. The molecule has 3 unspecified atom stereocenters. The highest BCUT2D eigenvalue weighted by Gasteiger charge is 2.44. The molecule has 3 N–H and O–H groups in total. The molecule has 1 aliphatic rings. The predicted octanol–water partition coefficient (Wildman–Crippen LogP) is -1.39. The number of hydrogen-bond acceptors (Lipinski definition) is 4. The Bertz CT molecular complexity index is 208. The number of nitrogens with two attached hydrogens (primary N) is 1. The fraction of sp³-hybridized carbons (Fsp3) is 0.750. The lowest BCUT2D eigenvalue weighted by atomic mass is 10.0. The summed E-state index contributed by atoms with van der Waals surface area (Å²) < 4.78 is 22.5. The van der Waals surface area contributed by atoms with Gasteiger partial charge < -0.3 is 5.73 Å². The molecule has 64 valence electrons. The number of hydroxylamine groups is 2. The van der Waals surface area contributed by atoms with Crippen LogP contribution in [0.2, 0.25) is 0 Å². The van der Waals surface area contributed by atoms with E-state index in [2.05, 4.69) is 4.28 Å². The molecule has 0 bridgehead atoms. The first kappa shape index (κ1) is 8.60. The van der Waals surface area contributed by atoms with Crippen LogP contribution in [0.15, 0.2) is 0 Å². The molecule has 0 aliphatic carbocycles. The Morgan fingerprint density at radius 2 is 2.36 bits per heavy atom. The molecule has 0 aromatic carbocycles. The van der Waals surface area contributed by atoms with Crippen molar-refractivity contribution in [1.29, 1.82) is 0 Å². The molecule has 0 spiro atoms. The van der Waals surface area contributed by atoms with Crippen LogP contribution in [0.5, 0.6) is 0 Å². The van der Waals surface area contributed by atoms with E-state index in [1.54, 1.807) is 6.92 Å². The lowest BCUT2D eigenvalue weighted by molar-refractivity contribution is -0.191. The third kappa shape index (κ3) is 1.41. The van der Waals surface area contributed by atoms with E-state index in [1.165, 1.54) is 0 Å². The molecule has 1 amide bonds. The second-order valence-electron chi connectivity index (χ2n) is 2.22. The van der Waals surface area contributed by atoms with Gasteiger partial charge in [0.15, 0.2) is 0 Å². The average Bonchev–Trinajstić information content (AvgIpc) is 1.98. The second kappa shape index (κ2) is 2.86. The third-order valence-corrected chi connectivity index (χ3v) is 1.82. The number of carbonyl (C=O) groups is 1. The SMILES string of the molecule is CC1C(N)C(=O)N1OS(=O)O. The van der Waals surface area contributed by atoms with E-state index in [0.29, 0.717) is 0 Å². The normalized spacial score (nSPS) is 33.4. The van der Waals surface area contributed by atoms with Crippen molar-refractivity contribution in [3.63, 3.8) is 0 Å². The number of nitrogens with zero attached hydrogens (tertiary/aromatic N) is 1. The molecule has 7 heteroatoms. The first-order chi connectivity index (χ1) is 5.04. The maximum Gasteiger partial charge on any atom is 0.325 e. The van der Waals surface area contributed by atoms with Crippen molar-refractivity contribution < 1.29 is 17.8 Å². The molecule has 1 fully saturated rings. The summed E-state index contributed by atoms with van der Waals surface area (Å²) in [5.74, 6) is -0.472. The molecule has 0 radical (unpaired) electrons. The van der Waals surface area contributed by atoms with Crippen LogP contribution < -0.4 is 5.73 Å². The van der Waals surface area contributed by atoms with E-state index >= 15 is 0 Å². The van der Waals surface area contributed by atoms with Crippen molar-refractivity contribution in [3.05, 3.63) is 0 Å². The molecular weight excluding hydrogens is 172 g/mol. The summed E-state index contributed by atoms with van der Waals surface area (Å²) in [6.07, 6.45) is 0. The van der Waals surface area contributed by atoms with Crippen molar-refractivity contribution in [2.45, 2.75) is 19.0 Å². The summed E-state index contributed by atoms with van der Waals surface area (Å²) in [6, 6.07) is -0.947. The van der Waals surface area contributed by atoms with Gasteiger partial charge in [-0.3, -0.25) is 9.35 Å². The molecule has 0 saturated carbocycles. The summed E-state index contributed by atoms with van der Waals surface area (Å²) in [5.41, 5.74) is 5.28. The van der Waals surface area contributed by atoms with Gasteiger partial charge in [0.2, 0.25) is 0 Å². The molecule has 0 aromatic rings. The van der Waals surface area contributed by atoms with Crippen LogP contribution in [0.4, 0.5) is 0 Å². The maximum absolute atomic E-state index is 10.7. The molecule has 1 heterocycles. The van der Waals surface area contributed by atoms with Crippen LogP contribution >= 0.6 is 0 Å². The lowest BCUT2D eigenvalue weighted by Gasteiger charge is -2.39. The van der Waals surface area contributed by atoms with Crippen LogP contribution in [0.3, 0.4) is 0 Å². The number of carbonyl (C=O) groups excluding carboxylic acids is 1. The minimum atomic E-state index is -2.45. The van der Waals surface area contributed by atoms with Gasteiger partial charge in [0, 0.05) is 0 Å². The van der Waals surface area contributed by atoms with Gasteiger partial charge in [0.05, 0.1) is 6.04 Å². The van der Waals surface area contributed by atoms with Gasteiger partial charge in [-0.15, -0.1) is 4.28 Å². The Morgan fingerprint density at radius 3 is 2.73 bits per heavy atom. The minimum Gasteiger partial charge on any atom is -0.318 e. The van der Waals surface area contributed by atoms with Crippen LogP contribution in [-0.2, 0) is 20.4 Å². The van der Waals surface area contributed by atoms with Gasteiger partial charge in [-0.25, -0.2) is 0 Å². The Balaban J connectivity index is 2.49. The molecule has 0 aromatic heterocycles. The van der Waals surface area contributed by atoms with E-state index in [9.17, 15) is 9.00 Å². The van der Waals surface area contributed by atoms with Crippen molar-refractivity contribution >= 4 is 17.3 Å². The van der Waals surface area contributed by atoms with E-state index < -0.39 is 23.3 Å². The highest BCUT2D eigenvalue weighted by molar-refractivity contribution is 7.74. The average molecular weight is 180 g/mol. The topological polar surface area (TPSA) is 92.9 Å². The van der Waals surface area contributed by atoms with Gasteiger partial charge >= 0.3 is 11.4 Å². The van der Waals surface area contributed by atoms with Crippen LogP contribution in [0, 0.1) is 0 Å². The summed E-state index contributed by atoms with van der Waals surface area (Å²) in [6.45, 7) is 1.62. The standard InChI is InChI=1S/C4H8N2O4S/c1-2-3(5)4(7)6(2)10-11(8)9/h2-3H,5H2,1H3,(H,8,9). The quantitative estimate of drug-likeness (QED) is 0.403. The predicted molar refractivity (Wildman–Crippen MR) is 36.1 cm³/mol. The van der Waals surface area contributed by atoms with E-state index in [-0.39, 0.29) is 6.04 Å². The number of hydrogen-bond donors (Lipinski definition) is 2. The third-order valence-electron chi connectivity index (χ3n) is 1.54. The van der Waals surface area contributed by atoms with Gasteiger partial charge in [0.1, 0.15) is 6.04 Å². The smallest absolute Gasteiger partial charge is 0.318 e. The largest absolute Gasteiger partial charge is 0.325 e. The Hall–Kier alpha value is -0.500. The molecule has 11 heavy (non-hydrogen) atoms. The van der Waals surface area contributed by atoms with Crippen molar-refractivity contribution in [2.75, 3.05) is 0 Å². The number of rotatable bonds is 2. The highest BCUT2D eigenvalue weighted by Crippen LogP contribution is 2.18. The Kier molecular flexibility index (Phi) is 2.23. The highest BCUT2D eigenvalue weighted by atomic mass is 32.2. The number of amides is 1. The fourth-order valence-corrected chi connectivity index (χ4v) is 1.14. The summed E-state index contributed by atoms with van der Waals surface area (Å²) in [4.78, 5) is 10.7. The number of β-lactam (4-membered cyclic amide) rings is 1. The molecule has 1 saturated heterocycles. The first-order valence-corrected chi connectivity index (χ1v) is 3.95. The van der Waals surface area contributed by atoms with Crippen LogP contribution in [-0.4, -0.2) is 31.8 Å². The molecule has 6 nitrogen and oxygen atoms in total. The zero-order chi connectivity index (χ0) is 8.59. The van der Waals surface area contributed by atoms with Crippen molar-refractivity contribution in [3.8, 4) is 0 Å². The molecule has 1 aliphatic heterocycles. The Morgan fingerprint density at radius 1 is 1.82 bits per heavy atom. The van der Waals surface area contributed by atoms with Gasteiger partial charge in [-0.1, -0.05) is 0 Å². The lowest BCUT2D eigenvalue weighted by Crippen LogP contribution is -2.66. The Labute approximate surface area is 65.7 Å². The van der Waals surface area contributed by atoms with Crippen LogP contribution in [0.25, 0.3) is 0 Å². The fourth-order valence-electron chi connectivity index (χ4n) is 0.791. The summed E-state index contributed by atoms with van der Waals surface area (Å²) >= 11 is -2.45. The van der Waals surface area contributed by atoms with E-state index in [4.69, 9.17) is 10.3 Å². The van der Waals surface area contributed by atoms with Gasteiger partial charge in [-0.05, 0) is 6.92 Å². The van der Waals surface area contributed by atoms with E-state index in [0.717, 1.165) is 5.06 Å². The molecule has 1 rings (SSSR count). The first-order valence-electron chi connectivity index (χ1n) is 2.92.